The monoisotopic (exact) mass is 218 g/mol. The van der Waals surface area contributed by atoms with Crippen molar-refractivity contribution in [2.45, 2.75) is 32.7 Å². The van der Waals surface area contributed by atoms with E-state index in [-0.39, 0.29) is 6.04 Å². The highest BCUT2D eigenvalue weighted by molar-refractivity contribution is 5.55. The first-order valence-corrected chi connectivity index (χ1v) is 6.31. The van der Waals surface area contributed by atoms with Gasteiger partial charge in [0.2, 0.25) is 0 Å². The van der Waals surface area contributed by atoms with Crippen LogP contribution in [0.25, 0.3) is 0 Å². The number of nitrogens with two attached hydrogens (primary N) is 1. The lowest BCUT2D eigenvalue weighted by molar-refractivity contribution is 0.569. The Balaban J connectivity index is 2.20. The summed E-state index contributed by atoms with van der Waals surface area (Å²) >= 11 is 0. The minimum atomic E-state index is 0.122. The zero-order valence-corrected chi connectivity index (χ0v) is 10.3. The molecule has 1 aromatic carbocycles. The van der Waals surface area contributed by atoms with Gasteiger partial charge in [0, 0.05) is 24.8 Å². The van der Waals surface area contributed by atoms with Crippen LogP contribution in [0.1, 0.15) is 38.3 Å². The fourth-order valence-electron chi connectivity index (χ4n) is 2.55. The molecule has 0 aliphatic carbocycles. The summed E-state index contributed by atoms with van der Waals surface area (Å²) in [6, 6.07) is 8.67. The van der Waals surface area contributed by atoms with E-state index in [4.69, 9.17) is 5.73 Å². The van der Waals surface area contributed by atoms with E-state index in [9.17, 15) is 0 Å². The highest BCUT2D eigenvalue weighted by Gasteiger charge is 2.23. The fourth-order valence-corrected chi connectivity index (χ4v) is 2.55. The van der Waals surface area contributed by atoms with Gasteiger partial charge in [0.05, 0.1) is 0 Å². The first kappa shape index (κ1) is 11.5. The van der Waals surface area contributed by atoms with Gasteiger partial charge < -0.3 is 10.6 Å². The molecule has 1 aromatic rings. The maximum atomic E-state index is 6.02. The van der Waals surface area contributed by atoms with Crippen LogP contribution in [0.5, 0.6) is 0 Å². The van der Waals surface area contributed by atoms with Gasteiger partial charge in [-0.05, 0) is 30.9 Å². The molecule has 0 radical (unpaired) electrons. The van der Waals surface area contributed by atoms with E-state index in [2.05, 4.69) is 43.0 Å². The Kier molecular flexibility index (Phi) is 3.49. The summed E-state index contributed by atoms with van der Waals surface area (Å²) in [4.78, 5) is 2.49. The summed E-state index contributed by atoms with van der Waals surface area (Å²) in [6.45, 7) is 6.72. The first-order chi connectivity index (χ1) is 7.72. The van der Waals surface area contributed by atoms with Crippen molar-refractivity contribution in [1.29, 1.82) is 0 Å². The number of hydrogen-bond donors (Lipinski definition) is 1. The zero-order valence-electron chi connectivity index (χ0n) is 10.3. The van der Waals surface area contributed by atoms with Crippen LogP contribution in [-0.2, 0) is 0 Å². The highest BCUT2D eigenvalue weighted by Crippen LogP contribution is 2.30. The Morgan fingerprint density at radius 1 is 1.44 bits per heavy atom. The van der Waals surface area contributed by atoms with Crippen molar-refractivity contribution in [3.8, 4) is 0 Å². The minimum Gasteiger partial charge on any atom is -0.371 e. The number of hydrogen-bond acceptors (Lipinski definition) is 2. The van der Waals surface area contributed by atoms with Crippen LogP contribution < -0.4 is 10.6 Å². The van der Waals surface area contributed by atoms with E-state index in [1.165, 1.54) is 37.2 Å². The molecule has 1 aliphatic rings. The number of anilines is 1. The summed E-state index contributed by atoms with van der Waals surface area (Å²) in [5.41, 5.74) is 8.64. The second-order valence-corrected chi connectivity index (χ2v) is 4.86. The van der Waals surface area contributed by atoms with Crippen molar-refractivity contribution in [2.75, 3.05) is 18.0 Å². The highest BCUT2D eigenvalue weighted by atomic mass is 15.2. The van der Waals surface area contributed by atoms with E-state index in [0.29, 0.717) is 0 Å². The van der Waals surface area contributed by atoms with Crippen molar-refractivity contribution in [1.82, 2.24) is 0 Å². The molecule has 1 aliphatic heterocycles. The summed E-state index contributed by atoms with van der Waals surface area (Å²) < 4.78 is 0. The third-order valence-corrected chi connectivity index (χ3v) is 3.63. The SMILES string of the molecule is CCC1CCN(c2ccccc2[C@@H](C)N)C1. The van der Waals surface area contributed by atoms with Gasteiger partial charge in [-0.15, -0.1) is 0 Å². The molecule has 0 aromatic heterocycles. The molecule has 2 atom stereocenters. The van der Waals surface area contributed by atoms with Crippen molar-refractivity contribution < 1.29 is 0 Å². The molecule has 0 bridgehead atoms. The van der Waals surface area contributed by atoms with E-state index in [0.717, 1.165) is 5.92 Å². The Hall–Kier alpha value is -1.02. The van der Waals surface area contributed by atoms with Crippen molar-refractivity contribution in [2.24, 2.45) is 11.7 Å². The lowest BCUT2D eigenvalue weighted by Crippen LogP contribution is -2.22. The first-order valence-electron chi connectivity index (χ1n) is 6.31. The van der Waals surface area contributed by atoms with Gasteiger partial charge >= 0.3 is 0 Å². The molecule has 1 fully saturated rings. The molecule has 1 saturated heterocycles. The standard InChI is InChI=1S/C14H22N2/c1-3-12-8-9-16(10-12)14-7-5-4-6-13(14)11(2)15/h4-7,11-12H,3,8-10,15H2,1-2H3/t11-,12?/m1/s1. The molecule has 0 amide bonds. The van der Waals surface area contributed by atoms with Crippen LogP contribution in [0, 0.1) is 5.92 Å². The van der Waals surface area contributed by atoms with Crippen molar-refractivity contribution in [3.63, 3.8) is 0 Å². The lowest BCUT2D eigenvalue weighted by atomic mass is 10.1. The second-order valence-electron chi connectivity index (χ2n) is 4.86. The van der Waals surface area contributed by atoms with Gasteiger partial charge in [0.15, 0.2) is 0 Å². The quantitative estimate of drug-likeness (QED) is 0.845. The smallest absolute Gasteiger partial charge is 0.0414 e. The largest absolute Gasteiger partial charge is 0.371 e. The Labute approximate surface area is 98.4 Å². The number of nitrogens with zero attached hydrogens (tertiary/aromatic N) is 1. The molecule has 88 valence electrons. The lowest BCUT2D eigenvalue weighted by Gasteiger charge is -2.23. The Morgan fingerprint density at radius 3 is 2.81 bits per heavy atom. The number of benzene rings is 1. The van der Waals surface area contributed by atoms with E-state index in [1.807, 2.05) is 0 Å². The summed E-state index contributed by atoms with van der Waals surface area (Å²) in [5.74, 6) is 0.862. The number of para-hydroxylation sites is 1. The van der Waals surface area contributed by atoms with Gasteiger partial charge in [-0.3, -0.25) is 0 Å². The van der Waals surface area contributed by atoms with E-state index >= 15 is 0 Å². The molecule has 0 saturated carbocycles. The molecular weight excluding hydrogens is 196 g/mol. The third-order valence-electron chi connectivity index (χ3n) is 3.63. The van der Waals surface area contributed by atoms with Gasteiger partial charge in [0.1, 0.15) is 0 Å². The van der Waals surface area contributed by atoms with E-state index < -0.39 is 0 Å². The van der Waals surface area contributed by atoms with Crippen LogP contribution in [0.15, 0.2) is 24.3 Å². The Bertz CT molecular complexity index is 346. The fraction of sp³-hybridized carbons (Fsp3) is 0.571. The van der Waals surface area contributed by atoms with E-state index in [1.54, 1.807) is 0 Å². The summed E-state index contributed by atoms with van der Waals surface area (Å²) in [7, 11) is 0. The second kappa shape index (κ2) is 4.88. The molecule has 2 heteroatoms. The molecule has 2 nitrogen and oxygen atoms in total. The third kappa shape index (κ3) is 2.22. The normalized spacial score (nSPS) is 22.4. The van der Waals surface area contributed by atoms with Gasteiger partial charge in [0.25, 0.3) is 0 Å². The van der Waals surface area contributed by atoms with Gasteiger partial charge in [-0.2, -0.15) is 0 Å². The van der Waals surface area contributed by atoms with Gasteiger partial charge in [-0.1, -0.05) is 31.5 Å². The molecule has 16 heavy (non-hydrogen) atoms. The Morgan fingerprint density at radius 2 is 2.19 bits per heavy atom. The van der Waals surface area contributed by atoms with Crippen LogP contribution in [0.3, 0.4) is 0 Å². The maximum Gasteiger partial charge on any atom is 0.0414 e. The zero-order chi connectivity index (χ0) is 11.5. The topological polar surface area (TPSA) is 29.3 Å². The average Bonchev–Trinajstić information content (AvgIpc) is 2.77. The van der Waals surface area contributed by atoms with Crippen molar-refractivity contribution in [3.05, 3.63) is 29.8 Å². The molecule has 1 heterocycles. The summed E-state index contributed by atoms with van der Waals surface area (Å²) in [5, 5.41) is 0. The minimum absolute atomic E-state index is 0.122. The number of rotatable bonds is 3. The van der Waals surface area contributed by atoms with Crippen LogP contribution in [-0.4, -0.2) is 13.1 Å². The van der Waals surface area contributed by atoms with Crippen LogP contribution in [0.4, 0.5) is 5.69 Å². The summed E-state index contributed by atoms with van der Waals surface area (Å²) in [6.07, 6.45) is 2.61. The molecule has 2 rings (SSSR count). The maximum absolute atomic E-state index is 6.02. The average molecular weight is 218 g/mol. The van der Waals surface area contributed by atoms with Crippen molar-refractivity contribution >= 4 is 5.69 Å². The predicted octanol–water partition coefficient (Wildman–Crippen LogP) is 2.94. The van der Waals surface area contributed by atoms with Crippen LogP contribution in [0.2, 0.25) is 0 Å². The van der Waals surface area contributed by atoms with Crippen LogP contribution >= 0.6 is 0 Å². The molecule has 1 unspecified atom stereocenters. The molecule has 0 spiro atoms. The molecule has 2 N–H and O–H groups in total. The molecular formula is C14H22N2. The predicted molar refractivity (Wildman–Crippen MR) is 69.7 cm³/mol. The van der Waals surface area contributed by atoms with Gasteiger partial charge in [-0.25, -0.2) is 0 Å².